The first kappa shape index (κ1) is 15.2. The molecule has 4 nitrogen and oxygen atoms in total. The zero-order chi connectivity index (χ0) is 14.1. The number of benzene rings is 1. The van der Waals surface area contributed by atoms with Crippen molar-refractivity contribution in [3.8, 4) is 0 Å². The Balaban J connectivity index is 2.60. The average Bonchev–Trinajstić information content (AvgIpc) is 2.39. The molecule has 1 atom stereocenters. The van der Waals surface area contributed by atoms with Crippen LogP contribution in [0.25, 0.3) is 0 Å². The summed E-state index contributed by atoms with van der Waals surface area (Å²) < 4.78 is 10.1. The van der Waals surface area contributed by atoms with Crippen LogP contribution in [0.2, 0.25) is 0 Å². The third-order valence-electron chi connectivity index (χ3n) is 2.58. The van der Waals surface area contributed by atoms with Crippen LogP contribution in [0.5, 0.6) is 0 Å². The average molecular weight is 264 g/mol. The molecule has 1 aromatic carbocycles. The van der Waals surface area contributed by atoms with E-state index >= 15 is 0 Å². The van der Waals surface area contributed by atoms with Crippen LogP contribution in [-0.2, 0) is 25.5 Å². The van der Waals surface area contributed by atoms with E-state index in [4.69, 9.17) is 9.47 Å². The Bertz CT molecular complexity index is 400. The van der Waals surface area contributed by atoms with Gasteiger partial charge in [0.25, 0.3) is 0 Å². The molecule has 0 amide bonds. The van der Waals surface area contributed by atoms with Crippen molar-refractivity contribution in [3.63, 3.8) is 0 Å². The van der Waals surface area contributed by atoms with Gasteiger partial charge in [0, 0.05) is 13.3 Å². The minimum Gasteiger partial charge on any atom is -0.463 e. The van der Waals surface area contributed by atoms with Crippen molar-refractivity contribution >= 4 is 11.9 Å². The molecule has 0 N–H and O–H groups in total. The van der Waals surface area contributed by atoms with Crippen LogP contribution < -0.4 is 0 Å². The fourth-order valence-electron chi connectivity index (χ4n) is 1.61. The van der Waals surface area contributed by atoms with Gasteiger partial charge in [-0.1, -0.05) is 43.7 Å². The molecular weight excluding hydrogens is 244 g/mol. The number of carbonyl (C=O) groups is 2. The van der Waals surface area contributed by atoms with Crippen molar-refractivity contribution in [1.82, 2.24) is 0 Å². The van der Waals surface area contributed by atoms with E-state index in [0.717, 1.165) is 18.4 Å². The van der Waals surface area contributed by atoms with Crippen LogP contribution in [-0.4, -0.2) is 24.6 Å². The number of ether oxygens (including phenoxy) is 2. The van der Waals surface area contributed by atoms with Crippen molar-refractivity contribution in [2.45, 2.75) is 39.2 Å². The Kier molecular flexibility index (Phi) is 6.64. The van der Waals surface area contributed by atoms with E-state index in [1.165, 1.54) is 6.92 Å². The van der Waals surface area contributed by atoms with E-state index in [1.807, 2.05) is 37.3 Å². The molecule has 0 heterocycles. The van der Waals surface area contributed by atoms with Gasteiger partial charge >= 0.3 is 11.9 Å². The summed E-state index contributed by atoms with van der Waals surface area (Å²) in [6.07, 6.45) is 1.23. The molecule has 0 aliphatic carbocycles. The highest BCUT2D eigenvalue weighted by atomic mass is 16.6. The van der Waals surface area contributed by atoms with Crippen molar-refractivity contribution in [2.75, 3.05) is 6.61 Å². The van der Waals surface area contributed by atoms with Crippen LogP contribution in [0, 0.1) is 0 Å². The lowest BCUT2D eigenvalue weighted by molar-refractivity contribution is -0.166. The smallest absolute Gasteiger partial charge is 0.347 e. The lowest BCUT2D eigenvalue weighted by Crippen LogP contribution is -2.30. The predicted octanol–water partition coefficient (Wildman–Crippen LogP) is 2.50. The Hall–Kier alpha value is -1.84. The summed E-state index contributed by atoms with van der Waals surface area (Å²) in [7, 11) is 0. The lowest BCUT2D eigenvalue weighted by atomic mass is 10.1. The summed E-state index contributed by atoms with van der Waals surface area (Å²) in [4.78, 5) is 22.9. The Morgan fingerprint density at radius 1 is 1.21 bits per heavy atom. The SMILES string of the molecule is CCCCOC(=O)C(Cc1ccccc1)OC(C)=O. The monoisotopic (exact) mass is 264 g/mol. The minimum atomic E-state index is -0.864. The highest BCUT2D eigenvalue weighted by Gasteiger charge is 2.23. The zero-order valence-electron chi connectivity index (χ0n) is 11.4. The van der Waals surface area contributed by atoms with Crippen molar-refractivity contribution in [3.05, 3.63) is 35.9 Å². The first-order valence-corrected chi connectivity index (χ1v) is 6.51. The molecule has 104 valence electrons. The first-order valence-electron chi connectivity index (χ1n) is 6.51. The van der Waals surface area contributed by atoms with Crippen LogP contribution in [0.15, 0.2) is 30.3 Å². The van der Waals surface area contributed by atoms with E-state index in [9.17, 15) is 9.59 Å². The number of hydrogen-bond acceptors (Lipinski definition) is 4. The molecule has 0 saturated heterocycles. The maximum Gasteiger partial charge on any atom is 0.347 e. The molecule has 1 unspecified atom stereocenters. The van der Waals surface area contributed by atoms with Gasteiger partial charge in [0.2, 0.25) is 6.10 Å². The second kappa shape index (κ2) is 8.29. The van der Waals surface area contributed by atoms with E-state index in [1.54, 1.807) is 0 Å². The number of carbonyl (C=O) groups excluding carboxylic acids is 2. The normalized spacial score (nSPS) is 11.7. The maximum absolute atomic E-state index is 11.9. The van der Waals surface area contributed by atoms with Crippen molar-refractivity contribution in [2.24, 2.45) is 0 Å². The predicted molar refractivity (Wildman–Crippen MR) is 71.6 cm³/mol. The molecule has 0 radical (unpaired) electrons. The van der Waals surface area contributed by atoms with Gasteiger partial charge in [0.1, 0.15) is 0 Å². The quantitative estimate of drug-likeness (QED) is 0.561. The number of unbranched alkanes of at least 4 members (excludes halogenated alkanes) is 1. The van der Waals surface area contributed by atoms with Crippen LogP contribution >= 0.6 is 0 Å². The first-order chi connectivity index (χ1) is 9.13. The van der Waals surface area contributed by atoms with Gasteiger partial charge in [0.15, 0.2) is 0 Å². The van der Waals surface area contributed by atoms with Crippen LogP contribution in [0.1, 0.15) is 32.3 Å². The Morgan fingerprint density at radius 2 is 1.89 bits per heavy atom. The van der Waals surface area contributed by atoms with E-state index in [2.05, 4.69) is 0 Å². The van der Waals surface area contributed by atoms with E-state index in [0.29, 0.717) is 13.0 Å². The molecule has 0 bridgehead atoms. The number of hydrogen-bond donors (Lipinski definition) is 0. The molecule has 1 aromatic rings. The molecule has 1 rings (SSSR count). The zero-order valence-corrected chi connectivity index (χ0v) is 11.4. The molecule has 0 aliphatic heterocycles. The van der Waals surface area contributed by atoms with Crippen LogP contribution in [0.3, 0.4) is 0 Å². The van der Waals surface area contributed by atoms with Gasteiger partial charge in [0.05, 0.1) is 6.61 Å². The minimum absolute atomic E-state index is 0.339. The van der Waals surface area contributed by atoms with Gasteiger partial charge in [-0.3, -0.25) is 4.79 Å². The summed E-state index contributed by atoms with van der Waals surface area (Å²) in [5.74, 6) is -0.958. The summed E-state index contributed by atoms with van der Waals surface area (Å²) in [6, 6.07) is 9.42. The van der Waals surface area contributed by atoms with Gasteiger partial charge in [-0.2, -0.15) is 0 Å². The topological polar surface area (TPSA) is 52.6 Å². The molecule has 19 heavy (non-hydrogen) atoms. The lowest BCUT2D eigenvalue weighted by Gasteiger charge is -2.16. The van der Waals surface area contributed by atoms with Crippen LogP contribution in [0.4, 0.5) is 0 Å². The number of esters is 2. The van der Waals surface area contributed by atoms with E-state index < -0.39 is 18.0 Å². The van der Waals surface area contributed by atoms with Crippen molar-refractivity contribution < 1.29 is 19.1 Å². The molecule has 0 aromatic heterocycles. The highest BCUT2D eigenvalue weighted by Crippen LogP contribution is 2.08. The summed E-state index contributed by atoms with van der Waals surface area (Å²) in [5, 5.41) is 0. The number of rotatable bonds is 7. The standard InChI is InChI=1S/C15H20O4/c1-3-4-10-18-15(17)14(19-12(2)16)11-13-8-6-5-7-9-13/h5-9,14H,3-4,10-11H2,1-2H3. The fourth-order valence-corrected chi connectivity index (χ4v) is 1.61. The second-order valence-electron chi connectivity index (χ2n) is 4.31. The van der Waals surface area contributed by atoms with Crippen molar-refractivity contribution in [1.29, 1.82) is 0 Å². The fraction of sp³-hybridized carbons (Fsp3) is 0.467. The van der Waals surface area contributed by atoms with Gasteiger partial charge in [-0.15, -0.1) is 0 Å². The second-order valence-corrected chi connectivity index (χ2v) is 4.31. The third kappa shape index (κ3) is 6.04. The van der Waals surface area contributed by atoms with E-state index in [-0.39, 0.29) is 0 Å². The summed E-state index contributed by atoms with van der Waals surface area (Å²) in [5.41, 5.74) is 0.932. The molecule has 0 saturated carbocycles. The van der Waals surface area contributed by atoms with Gasteiger partial charge < -0.3 is 9.47 Å². The molecule has 0 fully saturated rings. The largest absolute Gasteiger partial charge is 0.463 e. The molecule has 0 spiro atoms. The molecule has 0 aliphatic rings. The third-order valence-corrected chi connectivity index (χ3v) is 2.58. The highest BCUT2D eigenvalue weighted by molar-refractivity contribution is 5.78. The molecule has 4 heteroatoms. The summed E-state index contributed by atoms with van der Waals surface area (Å²) >= 11 is 0. The van der Waals surface area contributed by atoms with Gasteiger partial charge in [-0.05, 0) is 12.0 Å². The molecular formula is C15H20O4. The Morgan fingerprint density at radius 3 is 2.47 bits per heavy atom. The Labute approximate surface area is 113 Å². The van der Waals surface area contributed by atoms with Gasteiger partial charge in [-0.25, -0.2) is 4.79 Å². The summed E-state index contributed by atoms with van der Waals surface area (Å²) in [6.45, 7) is 3.67. The maximum atomic E-state index is 11.9.